The van der Waals surface area contributed by atoms with Crippen molar-refractivity contribution in [2.24, 2.45) is 0 Å². The van der Waals surface area contributed by atoms with Crippen LogP contribution in [0.1, 0.15) is 324 Å². The highest BCUT2D eigenvalue weighted by molar-refractivity contribution is 7.39. The Labute approximate surface area is 396 Å². The molecule has 0 spiro atoms. The Kier molecular flexibility index (Phi) is 48.1. The van der Waals surface area contributed by atoms with Crippen molar-refractivity contribution in [1.29, 1.82) is 0 Å². The van der Waals surface area contributed by atoms with Crippen LogP contribution in [0, 0.1) is 0 Å². The van der Waals surface area contributed by atoms with Gasteiger partial charge in [-0.25, -0.2) is 0 Å². The van der Waals surface area contributed by atoms with Crippen molar-refractivity contribution in [3.05, 3.63) is 0 Å². The maximum atomic E-state index is 10.9. The maximum absolute atomic E-state index is 10.9. The number of hydrogen-bond donors (Lipinski definition) is 4. The molecule has 2 unspecified atom stereocenters. The van der Waals surface area contributed by atoms with Crippen molar-refractivity contribution >= 4 is 17.2 Å². The molecule has 0 aliphatic rings. The van der Waals surface area contributed by atoms with E-state index in [1.165, 1.54) is 212 Å². The number of ether oxygens (including phenoxy) is 1. The highest BCUT2D eigenvalue weighted by Gasteiger charge is 2.53. The predicted octanol–water partition coefficient (Wildman–Crippen LogP) is 19.0. The van der Waals surface area contributed by atoms with Gasteiger partial charge in [-0.15, -0.1) is 0 Å². The van der Waals surface area contributed by atoms with Crippen LogP contribution >= 0.6 is 17.2 Å². The molecule has 380 valence electrons. The summed E-state index contributed by atoms with van der Waals surface area (Å²) >= 11 is 0. The van der Waals surface area contributed by atoms with Gasteiger partial charge in [0.15, 0.2) is 0 Å². The minimum Gasteiger partial charge on any atom is -0.369 e. The lowest BCUT2D eigenvalue weighted by Crippen LogP contribution is -2.58. The first-order valence-electron chi connectivity index (χ1n) is 28.1. The molecule has 0 saturated carbocycles. The van der Waals surface area contributed by atoms with E-state index >= 15 is 0 Å². The van der Waals surface area contributed by atoms with Gasteiger partial charge in [0.05, 0.1) is 18.3 Å². The van der Waals surface area contributed by atoms with Crippen LogP contribution in [-0.2, 0) is 13.8 Å². The van der Waals surface area contributed by atoms with Gasteiger partial charge in [-0.2, -0.15) is 0 Å². The fraction of sp³-hybridized carbons (Fsp3) is 1.00. The van der Waals surface area contributed by atoms with Gasteiger partial charge < -0.3 is 33.4 Å². The smallest absolute Gasteiger partial charge is 0.327 e. The van der Waals surface area contributed by atoms with Crippen molar-refractivity contribution in [1.82, 2.24) is 0 Å². The third kappa shape index (κ3) is 38.2. The van der Waals surface area contributed by atoms with E-state index in [9.17, 15) is 19.6 Å². The van der Waals surface area contributed by atoms with Crippen molar-refractivity contribution in [3.8, 4) is 0 Å². The minimum absolute atomic E-state index is 0.214. The second-order valence-corrected chi connectivity index (χ2v) is 21.3. The highest BCUT2D eigenvalue weighted by atomic mass is 31.2. The lowest BCUT2D eigenvalue weighted by Gasteiger charge is -2.51. The third-order valence-electron chi connectivity index (χ3n) is 13.9. The Hall–Kier alpha value is 0.580. The van der Waals surface area contributed by atoms with Gasteiger partial charge in [-0.05, 0) is 32.6 Å². The van der Waals surface area contributed by atoms with E-state index in [0.717, 1.165) is 77.0 Å². The Balaban J connectivity index is 6.39. The van der Waals surface area contributed by atoms with Crippen molar-refractivity contribution in [2.45, 2.75) is 341 Å². The molecule has 0 aliphatic heterocycles. The SMILES string of the molecule is CCCCCCCCCCCCCC(CCCCCCCCCCCC)(OCC(C)OP(O)O)C(CCCCCCCCCCCC)(CCCCCCCCCCCC)OP(O)O. The van der Waals surface area contributed by atoms with Crippen LogP contribution < -0.4 is 0 Å². The molecule has 0 radical (unpaired) electrons. The zero-order chi connectivity index (χ0) is 46.4. The highest BCUT2D eigenvalue weighted by Crippen LogP contribution is 2.51. The first-order valence-corrected chi connectivity index (χ1v) is 30.4. The minimum atomic E-state index is -2.62. The van der Waals surface area contributed by atoms with Gasteiger partial charge in [0.2, 0.25) is 0 Å². The summed E-state index contributed by atoms with van der Waals surface area (Å²) < 4.78 is 19.4. The van der Waals surface area contributed by atoms with Crippen LogP contribution in [0.5, 0.6) is 0 Å². The Morgan fingerprint density at radius 2 is 0.540 bits per heavy atom. The molecule has 0 fully saturated rings. The molecule has 0 aromatic carbocycles. The fourth-order valence-corrected chi connectivity index (χ4v) is 11.0. The summed E-state index contributed by atoms with van der Waals surface area (Å²) in [5, 5.41) is 0. The molecule has 4 N–H and O–H groups in total. The number of unbranched alkanes of at least 4 members (excludes halogenated alkanes) is 37. The van der Waals surface area contributed by atoms with E-state index in [2.05, 4.69) is 27.7 Å². The second kappa shape index (κ2) is 47.6. The largest absolute Gasteiger partial charge is 0.369 e. The van der Waals surface area contributed by atoms with Crippen LogP contribution in [0.25, 0.3) is 0 Å². The molecular formula is C54H112O7P2. The van der Waals surface area contributed by atoms with Crippen molar-refractivity contribution < 1.29 is 33.4 Å². The molecule has 7 nitrogen and oxygen atoms in total. The first-order chi connectivity index (χ1) is 30.7. The average molecular weight is 935 g/mol. The van der Waals surface area contributed by atoms with Gasteiger partial charge in [-0.3, -0.25) is 0 Å². The van der Waals surface area contributed by atoms with Gasteiger partial charge in [-0.1, -0.05) is 291 Å². The maximum Gasteiger partial charge on any atom is 0.327 e. The average Bonchev–Trinajstić information content (AvgIpc) is 3.25. The quantitative estimate of drug-likeness (QED) is 0.0355. The van der Waals surface area contributed by atoms with Gasteiger partial charge in [0.25, 0.3) is 0 Å². The second-order valence-electron chi connectivity index (χ2n) is 19.9. The third-order valence-corrected chi connectivity index (χ3v) is 15.0. The van der Waals surface area contributed by atoms with Crippen LogP contribution in [0.2, 0.25) is 0 Å². The standard InChI is InChI=1S/C54H112O7P2/c1-6-10-14-18-22-26-30-34-36-40-44-48-53(59-51-52(5)60-62(55)56,47-43-39-35-31-27-23-19-15-11-7-2)54(61-63(57)58,49-45-41-37-32-28-24-20-16-12-8-3)50-46-42-38-33-29-25-21-17-13-9-4/h52,55-58H,6-51H2,1-5H3. The molecular weight excluding hydrogens is 823 g/mol. The van der Waals surface area contributed by atoms with E-state index in [0.29, 0.717) is 0 Å². The molecule has 0 saturated heterocycles. The lowest BCUT2D eigenvalue weighted by atomic mass is 9.70. The van der Waals surface area contributed by atoms with E-state index < -0.39 is 34.5 Å². The van der Waals surface area contributed by atoms with Gasteiger partial charge >= 0.3 is 17.2 Å². The molecule has 0 aromatic rings. The molecule has 0 amide bonds. The zero-order valence-electron chi connectivity index (χ0n) is 43.0. The number of rotatable bonds is 53. The summed E-state index contributed by atoms with van der Waals surface area (Å²) in [6, 6.07) is 0. The summed E-state index contributed by atoms with van der Waals surface area (Å²) in [4.78, 5) is 41.5. The lowest BCUT2D eigenvalue weighted by molar-refractivity contribution is -0.199. The zero-order valence-corrected chi connectivity index (χ0v) is 44.8. The van der Waals surface area contributed by atoms with Crippen LogP contribution in [0.4, 0.5) is 0 Å². The topological polar surface area (TPSA) is 109 Å². The molecule has 9 heteroatoms. The van der Waals surface area contributed by atoms with E-state index in [-0.39, 0.29) is 6.61 Å². The van der Waals surface area contributed by atoms with Crippen LogP contribution in [0.3, 0.4) is 0 Å². The van der Waals surface area contributed by atoms with Crippen molar-refractivity contribution in [2.75, 3.05) is 6.61 Å². The summed E-state index contributed by atoms with van der Waals surface area (Å²) in [6.45, 7) is 11.2. The first kappa shape index (κ1) is 63.6. The molecule has 2 atom stereocenters. The van der Waals surface area contributed by atoms with Crippen molar-refractivity contribution in [3.63, 3.8) is 0 Å². The number of hydrogen-bond acceptors (Lipinski definition) is 7. The Morgan fingerprint density at radius 3 is 0.762 bits per heavy atom. The van der Waals surface area contributed by atoms with E-state index in [1.54, 1.807) is 0 Å². The normalized spacial score (nSPS) is 13.8. The van der Waals surface area contributed by atoms with E-state index in [1.807, 2.05) is 6.92 Å². The summed E-state index contributed by atoms with van der Waals surface area (Å²) in [6.07, 6.45) is 54.1. The molecule has 0 bridgehead atoms. The molecule has 0 aliphatic carbocycles. The fourth-order valence-electron chi connectivity index (χ4n) is 10.0. The Morgan fingerprint density at radius 1 is 0.317 bits per heavy atom. The van der Waals surface area contributed by atoms with E-state index in [4.69, 9.17) is 13.8 Å². The predicted molar refractivity (Wildman–Crippen MR) is 276 cm³/mol. The summed E-state index contributed by atoms with van der Waals surface area (Å²) in [5.74, 6) is 0. The van der Waals surface area contributed by atoms with Crippen LogP contribution in [0.15, 0.2) is 0 Å². The molecule has 0 rings (SSSR count). The van der Waals surface area contributed by atoms with Gasteiger partial charge in [0.1, 0.15) is 5.60 Å². The monoisotopic (exact) mass is 935 g/mol. The Bertz CT molecular complexity index is 872. The summed E-state index contributed by atoms with van der Waals surface area (Å²) in [7, 11) is -5.14. The van der Waals surface area contributed by atoms with Crippen LogP contribution in [-0.4, -0.2) is 43.5 Å². The summed E-state index contributed by atoms with van der Waals surface area (Å²) in [5.41, 5.74) is -1.58. The molecule has 0 aromatic heterocycles. The van der Waals surface area contributed by atoms with Gasteiger partial charge in [0, 0.05) is 0 Å². The molecule has 0 heterocycles. The molecule has 63 heavy (non-hydrogen) atoms.